The van der Waals surface area contributed by atoms with Gasteiger partial charge in [0.25, 0.3) is 0 Å². The highest BCUT2D eigenvalue weighted by atomic mass is 16.5. The third-order valence-corrected chi connectivity index (χ3v) is 2.67. The summed E-state index contributed by atoms with van der Waals surface area (Å²) in [6, 6.07) is 8.15. The molecule has 1 unspecified atom stereocenters. The monoisotopic (exact) mass is 246 g/mol. The maximum Gasteiger partial charge on any atom is 0.123 e. The van der Waals surface area contributed by atoms with E-state index in [1.54, 1.807) is 19.8 Å². The highest BCUT2D eigenvalue weighted by molar-refractivity contribution is 5.50. The molecule has 96 valence electrons. The summed E-state index contributed by atoms with van der Waals surface area (Å²) in [6.45, 7) is 3.80. The SMILES string of the molecule is COCC(C)CNc1cccc(-n2cnnc2)c1. The second-order valence-corrected chi connectivity index (χ2v) is 4.36. The number of benzene rings is 1. The molecule has 2 aromatic rings. The van der Waals surface area contributed by atoms with Gasteiger partial charge in [0.2, 0.25) is 0 Å². The van der Waals surface area contributed by atoms with Crippen LogP contribution in [0.2, 0.25) is 0 Å². The van der Waals surface area contributed by atoms with Crippen LogP contribution in [0.15, 0.2) is 36.9 Å². The summed E-state index contributed by atoms with van der Waals surface area (Å²) >= 11 is 0. The summed E-state index contributed by atoms with van der Waals surface area (Å²) in [5.41, 5.74) is 2.13. The Morgan fingerprint density at radius 2 is 2.11 bits per heavy atom. The van der Waals surface area contributed by atoms with Gasteiger partial charge in [0.05, 0.1) is 12.3 Å². The lowest BCUT2D eigenvalue weighted by Gasteiger charge is -2.13. The van der Waals surface area contributed by atoms with E-state index in [2.05, 4.69) is 28.5 Å². The molecule has 1 aromatic carbocycles. The average molecular weight is 246 g/mol. The molecule has 1 N–H and O–H groups in total. The van der Waals surface area contributed by atoms with Gasteiger partial charge in [-0.25, -0.2) is 0 Å². The Balaban J connectivity index is 2.00. The summed E-state index contributed by atoms with van der Waals surface area (Å²) in [6.07, 6.45) is 3.37. The van der Waals surface area contributed by atoms with Crippen LogP contribution in [0.5, 0.6) is 0 Å². The minimum absolute atomic E-state index is 0.480. The van der Waals surface area contributed by atoms with E-state index in [1.807, 2.05) is 22.8 Å². The molecule has 0 aliphatic rings. The van der Waals surface area contributed by atoms with Gasteiger partial charge in [0, 0.05) is 19.3 Å². The molecule has 1 aromatic heterocycles. The topological polar surface area (TPSA) is 52.0 Å². The van der Waals surface area contributed by atoms with Crippen molar-refractivity contribution < 1.29 is 4.74 Å². The van der Waals surface area contributed by atoms with Crippen LogP contribution < -0.4 is 5.32 Å². The van der Waals surface area contributed by atoms with Gasteiger partial charge in [-0.05, 0) is 24.1 Å². The summed E-state index contributed by atoms with van der Waals surface area (Å²) in [5.74, 6) is 0.480. The number of nitrogens with one attached hydrogen (secondary N) is 1. The van der Waals surface area contributed by atoms with Gasteiger partial charge < -0.3 is 10.1 Å². The largest absolute Gasteiger partial charge is 0.385 e. The predicted molar refractivity (Wildman–Crippen MR) is 70.9 cm³/mol. The number of aromatic nitrogens is 3. The number of nitrogens with zero attached hydrogens (tertiary/aromatic N) is 3. The Hall–Kier alpha value is -1.88. The smallest absolute Gasteiger partial charge is 0.123 e. The molecule has 5 nitrogen and oxygen atoms in total. The van der Waals surface area contributed by atoms with Crippen LogP contribution in [0.1, 0.15) is 6.92 Å². The molecule has 0 fully saturated rings. The fourth-order valence-corrected chi connectivity index (χ4v) is 1.75. The van der Waals surface area contributed by atoms with E-state index < -0.39 is 0 Å². The van der Waals surface area contributed by atoms with Crippen LogP contribution in [-0.4, -0.2) is 35.0 Å². The van der Waals surface area contributed by atoms with E-state index in [-0.39, 0.29) is 0 Å². The number of anilines is 1. The van der Waals surface area contributed by atoms with Gasteiger partial charge in [0.15, 0.2) is 0 Å². The van der Waals surface area contributed by atoms with Crippen molar-refractivity contribution in [1.29, 1.82) is 0 Å². The van der Waals surface area contributed by atoms with Gasteiger partial charge in [-0.15, -0.1) is 10.2 Å². The number of hydrogen-bond acceptors (Lipinski definition) is 4. The Morgan fingerprint density at radius 1 is 1.33 bits per heavy atom. The van der Waals surface area contributed by atoms with Crippen molar-refractivity contribution >= 4 is 5.69 Å². The lowest BCUT2D eigenvalue weighted by Crippen LogP contribution is -2.15. The van der Waals surface area contributed by atoms with Gasteiger partial charge in [-0.1, -0.05) is 13.0 Å². The summed E-state index contributed by atoms with van der Waals surface area (Å²) in [7, 11) is 1.73. The molecular weight excluding hydrogens is 228 g/mol. The zero-order valence-electron chi connectivity index (χ0n) is 10.7. The van der Waals surface area contributed by atoms with Gasteiger partial charge in [-0.2, -0.15) is 0 Å². The minimum Gasteiger partial charge on any atom is -0.385 e. The van der Waals surface area contributed by atoms with Crippen LogP contribution in [0.25, 0.3) is 5.69 Å². The first kappa shape index (κ1) is 12.6. The van der Waals surface area contributed by atoms with Crippen molar-refractivity contribution in [1.82, 2.24) is 14.8 Å². The van der Waals surface area contributed by atoms with E-state index in [1.165, 1.54) is 0 Å². The van der Waals surface area contributed by atoms with E-state index in [0.29, 0.717) is 5.92 Å². The molecule has 0 saturated heterocycles. The van der Waals surface area contributed by atoms with Crippen molar-refractivity contribution in [2.75, 3.05) is 25.6 Å². The number of ether oxygens (including phenoxy) is 1. The highest BCUT2D eigenvalue weighted by Crippen LogP contribution is 2.14. The molecule has 1 atom stereocenters. The third-order valence-electron chi connectivity index (χ3n) is 2.67. The molecular formula is C13H18N4O. The lowest BCUT2D eigenvalue weighted by molar-refractivity contribution is 0.164. The number of methoxy groups -OCH3 is 1. The summed E-state index contributed by atoms with van der Waals surface area (Å²) in [4.78, 5) is 0. The third kappa shape index (κ3) is 3.30. The number of hydrogen-bond donors (Lipinski definition) is 1. The zero-order chi connectivity index (χ0) is 12.8. The van der Waals surface area contributed by atoms with Crippen molar-refractivity contribution in [3.63, 3.8) is 0 Å². The van der Waals surface area contributed by atoms with Gasteiger partial charge in [-0.3, -0.25) is 4.57 Å². The second-order valence-electron chi connectivity index (χ2n) is 4.36. The Labute approximate surface area is 107 Å². The van der Waals surface area contributed by atoms with Gasteiger partial charge >= 0.3 is 0 Å². The summed E-state index contributed by atoms with van der Waals surface area (Å²) < 4.78 is 6.99. The predicted octanol–water partition coefficient (Wildman–Crippen LogP) is 1.96. The van der Waals surface area contributed by atoms with Crippen molar-refractivity contribution in [2.24, 2.45) is 5.92 Å². The molecule has 0 spiro atoms. The number of rotatable bonds is 6. The van der Waals surface area contributed by atoms with Crippen LogP contribution >= 0.6 is 0 Å². The molecule has 0 aliphatic heterocycles. The molecule has 0 amide bonds. The first-order valence-corrected chi connectivity index (χ1v) is 5.97. The van der Waals surface area contributed by atoms with Gasteiger partial charge in [0.1, 0.15) is 12.7 Å². The molecule has 0 bridgehead atoms. The first-order chi connectivity index (χ1) is 8.79. The molecule has 5 heteroatoms. The van der Waals surface area contributed by atoms with E-state index in [9.17, 15) is 0 Å². The standard InChI is InChI=1S/C13H18N4O/c1-11(8-18-2)7-14-12-4-3-5-13(6-12)17-9-15-16-10-17/h3-6,9-11,14H,7-8H2,1-2H3. The molecule has 2 rings (SSSR count). The lowest BCUT2D eigenvalue weighted by atomic mass is 10.2. The molecule has 0 aliphatic carbocycles. The first-order valence-electron chi connectivity index (χ1n) is 5.97. The van der Waals surface area contributed by atoms with Crippen molar-refractivity contribution in [2.45, 2.75) is 6.92 Å². The fraction of sp³-hybridized carbons (Fsp3) is 0.385. The molecule has 0 radical (unpaired) electrons. The Morgan fingerprint density at radius 3 is 2.83 bits per heavy atom. The van der Waals surface area contributed by atoms with Crippen molar-refractivity contribution in [3.8, 4) is 5.69 Å². The quantitative estimate of drug-likeness (QED) is 0.846. The molecule has 0 saturated carbocycles. The molecule has 18 heavy (non-hydrogen) atoms. The molecule has 1 heterocycles. The van der Waals surface area contributed by atoms with E-state index in [0.717, 1.165) is 24.5 Å². The van der Waals surface area contributed by atoms with E-state index in [4.69, 9.17) is 4.74 Å². The average Bonchev–Trinajstić information content (AvgIpc) is 2.91. The second kappa shape index (κ2) is 6.16. The van der Waals surface area contributed by atoms with Crippen LogP contribution in [0, 0.1) is 5.92 Å². The Kier molecular flexibility index (Phi) is 4.30. The summed E-state index contributed by atoms with van der Waals surface area (Å²) in [5, 5.41) is 11.0. The van der Waals surface area contributed by atoms with Crippen LogP contribution in [0.3, 0.4) is 0 Å². The van der Waals surface area contributed by atoms with Crippen LogP contribution in [-0.2, 0) is 4.74 Å². The zero-order valence-corrected chi connectivity index (χ0v) is 10.7. The van der Waals surface area contributed by atoms with Crippen molar-refractivity contribution in [3.05, 3.63) is 36.9 Å². The Bertz CT molecular complexity index is 470. The fourth-order valence-electron chi connectivity index (χ4n) is 1.75. The van der Waals surface area contributed by atoms with Crippen LogP contribution in [0.4, 0.5) is 5.69 Å². The maximum absolute atomic E-state index is 5.11. The highest BCUT2D eigenvalue weighted by Gasteiger charge is 2.02. The maximum atomic E-state index is 5.11. The normalized spacial score (nSPS) is 12.3. The van der Waals surface area contributed by atoms with E-state index >= 15 is 0 Å². The minimum atomic E-state index is 0.480.